The molecule has 2 amide bonds. The molecule has 2 aliphatic heterocycles. The first kappa shape index (κ1) is 15.8. The Hall–Kier alpha value is -2.66. The van der Waals surface area contributed by atoms with Gasteiger partial charge in [0.25, 0.3) is 5.91 Å². The highest BCUT2D eigenvalue weighted by molar-refractivity contribution is 6.07. The molecule has 2 aromatic carbocycles. The van der Waals surface area contributed by atoms with Gasteiger partial charge in [-0.2, -0.15) is 0 Å². The maximum atomic E-state index is 12.9. The number of carbonyl (C=O) groups excluding carboxylic acids is 2. The van der Waals surface area contributed by atoms with E-state index in [1.54, 1.807) is 5.06 Å². The number of para-hydroxylation sites is 1. The highest BCUT2D eigenvalue weighted by atomic mass is 16.7. The number of likely N-dealkylation sites (N-methyl/N-ethyl adjacent to an activating group) is 1. The largest absolute Gasteiger partial charge is 0.280 e. The van der Waals surface area contributed by atoms with Crippen molar-refractivity contribution in [1.29, 1.82) is 0 Å². The second kappa shape index (κ2) is 6.01. The Labute approximate surface area is 146 Å². The van der Waals surface area contributed by atoms with E-state index in [2.05, 4.69) is 0 Å². The van der Waals surface area contributed by atoms with Crippen LogP contribution in [-0.2, 0) is 14.4 Å². The molecule has 2 heterocycles. The van der Waals surface area contributed by atoms with Crippen molar-refractivity contribution in [2.45, 2.75) is 26.0 Å². The molecule has 0 aliphatic carbocycles. The van der Waals surface area contributed by atoms with Gasteiger partial charge in [-0.3, -0.25) is 19.3 Å². The SMILES string of the molecule is CCN1C(=O)C2ON(c3ccccc3C)C(c3ccccc3)C2C1=O. The topological polar surface area (TPSA) is 49.9 Å². The van der Waals surface area contributed by atoms with Gasteiger partial charge in [0, 0.05) is 6.54 Å². The van der Waals surface area contributed by atoms with Crippen LogP contribution in [0.1, 0.15) is 24.1 Å². The lowest BCUT2D eigenvalue weighted by atomic mass is 9.90. The summed E-state index contributed by atoms with van der Waals surface area (Å²) in [5.41, 5.74) is 2.89. The van der Waals surface area contributed by atoms with Crippen LogP contribution < -0.4 is 5.06 Å². The summed E-state index contributed by atoms with van der Waals surface area (Å²) >= 11 is 0. The van der Waals surface area contributed by atoms with E-state index in [-0.39, 0.29) is 17.9 Å². The lowest BCUT2D eigenvalue weighted by Gasteiger charge is -2.29. The number of aryl methyl sites for hydroxylation is 1. The third-order valence-electron chi connectivity index (χ3n) is 5.02. The highest BCUT2D eigenvalue weighted by Crippen LogP contribution is 2.47. The molecule has 2 aliphatic rings. The molecular formula is C20H20N2O3. The maximum Gasteiger partial charge on any atom is 0.261 e. The zero-order valence-electron chi connectivity index (χ0n) is 14.3. The van der Waals surface area contributed by atoms with Gasteiger partial charge in [0.1, 0.15) is 5.92 Å². The van der Waals surface area contributed by atoms with Gasteiger partial charge >= 0.3 is 0 Å². The molecule has 128 valence electrons. The Balaban J connectivity index is 1.83. The fraction of sp³-hybridized carbons (Fsp3) is 0.300. The number of benzene rings is 2. The molecule has 4 rings (SSSR count). The molecule has 2 saturated heterocycles. The van der Waals surface area contributed by atoms with E-state index >= 15 is 0 Å². The van der Waals surface area contributed by atoms with Crippen LogP contribution in [0.3, 0.4) is 0 Å². The van der Waals surface area contributed by atoms with E-state index in [1.807, 2.05) is 68.4 Å². The van der Waals surface area contributed by atoms with E-state index in [9.17, 15) is 9.59 Å². The van der Waals surface area contributed by atoms with E-state index in [1.165, 1.54) is 4.90 Å². The fourth-order valence-electron chi connectivity index (χ4n) is 3.79. The number of nitrogens with zero attached hydrogens (tertiary/aromatic N) is 2. The molecule has 2 fully saturated rings. The lowest BCUT2D eigenvalue weighted by molar-refractivity contribution is -0.142. The molecule has 3 unspecified atom stereocenters. The average Bonchev–Trinajstić information content (AvgIpc) is 3.13. The zero-order chi connectivity index (χ0) is 17.6. The molecule has 5 heteroatoms. The van der Waals surface area contributed by atoms with Crippen LogP contribution >= 0.6 is 0 Å². The minimum atomic E-state index is -0.753. The smallest absolute Gasteiger partial charge is 0.261 e. The Morgan fingerprint density at radius 3 is 2.32 bits per heavy atom. The molecule has 0 saturated carbocycles. The van der Waals surface area contributed by atoms with Crippen molar-refractivity contribution in [2.75, 3.05) is 11.6 Å². The molecule has 2 aromatic rings. The first-order valence-corrected chi connectivity index (χ1v) is 8.55. The molecule has 25 heavy (non-hydrogen) atoms. The number of rotatable bonds is 3. The van der Waals surface area contributed by atoms with Gasteiger partial charge in [-0.05, 0) is 31.0 Å². The molecule has 3 atom stereocenters. The van der Waals surface area contributed by atoms with Crippen LogP contribution in [0.5, 0.6) is 0 Å². The number of amides is 2. The van der Waals surface area contributed by atoms with Crippen LogP contribution in [0.4, 0.5) is 5.69 Å². The summed E-state index contributed by atoms with van der Waals surface area (Å²) < 4.78 is 0. The summed E-state index contributed by atoms with van der Waals surface area (Å²) in [4.78, 5) is 32.9. The Bertz CT molecular complexity index is 821. The summed E-state index contributed by atoms with van der Waals surface area (Å²) in [6, 6.07) is 17.3. The number of hydrogen-bond donors (Lipinski definition) is 0. The van der Waals surface area contributed by atoms with Crippen LogP contribution in [0, 0.1) is 12.8 Å². The first-order valence-electron chi connectivity index (χ1n) is 8.55. The van der Waals surface area contributed by atoms with Gasteiger partial charge in [0.2, 0.25) is 5.91 Å². The van der Waals surface area contributed by atoms with Crippen molar-refractivity contribution in [2.24, 2.45) is 5.92 Å². The van der Waals surface area contributed by atoms with Crippen molar-refractivity contribution in [3.05, 3.63) is 65.7 Å². The molecule has 0 bridgehead atoms. The van der Waals surface area contributed by atoms with Gasteiger partial charge in [0.05, 0.1) is 11.7 Å². The van der Waals surface area contributed by atoms with Gasteiger partial charge in [-0.25, -0.2) is 5.06 Å². The predicted molar refractivity (Wildman–Crippen MR) is 93.6 cm³/mol. The fourth-order valence-corrected chi connectivity index (χ4v) is 3.79. The molecule has 0 radical (unpaired) electrons. The van der Waals surface area contributed by atoms with Crippen molar-refractivity contribution in [3.63, 3.8) is 0 Å². The van der Waals surface area contributed by atoms with E-state index in [4.69, 9.17) is 4.84 Å². The number of anilines is 1. The zero-order valence-corrected chi connectivity index (χ0v) is 14.3. The van der Waals surface area contributed by atoms with Crippen molar-refractivity contribution in [3.8, 4) is 0 Å². The Kier molecular flexibility index (Phi) is 3.81. The summed E-state index contributed by atoms with van der Waals surface area (Å²) in [5.74, 6) is -0.911. The molecule has 0 N–H and O–H groups in total. The van der Waals surface area contributed by atoms with Crippen LogP contribution in [0.15, 0.2) is 54.6 Å². The van der Waals surface area contributed by atoms with Gasteiger partial charge in [-0.1, -0.05) is 48.5 Å². The highest BCUT2D eigenvalue weighted by Gasteiger charge is 2.59. The minimum absolute atomic E-state index is 0.151. The van der Waals surface area contributed by atoms with E-state index < -0.39 is 12.0 Å². The van der Waals surface area contributed by atoms with Gasteiger partial charge in [-0.15, -0.1) is 0 Å². The minimum Gasteiger partial charge on any atom is -0.280 e. The van der Waals surface area contributed by atoms with Crippen LogP contribution in [-0.4, -0.2) is 29.4 Å². The Morgan fingerprint density at radius 1 is 0.960 bits per heavy atom. The number of likely N-dealkylation sites (tertiary alicyclic amines) is 1. The lowest BCUT2D eigenvalue weighted by Crippen LogP contribution is -2.37. The molecule has 0 spiro atoms. The second-order valence-corrected chi connectivity index (χ2v) is 6.44. The normalized spacial score (nSPS) is 25.6. The number of fused-ring (bicyclic) bond motifs is 1. The molecular weight excluding hydrogens is 316 g/mol. The van der Waals surface area contributed by atoms with Crippen LogP contribution in [0.2, 0.25) is 0 Å². The third-order valence-corrected chi connectivity index (χ3v) is 5.02. The van der Waals surface area contributed by atoms with E-state index in [0.717, 1.165) is 16.8 Å². The van der Waals surface area contributed by atoms with Crippen molar-refractivity contribution >= 4 is 17.5 Å². The maximum absolute atomic E-state index is 12.9. The summed E-state index contributed by atoms with van der Waals surface area (Å²) in [6.45, 7) is 4.18. The van der Waals surface area contributed by atoms with Gasteiger partial charge in [0.15, 0.2) is 6.10 Å². The summed E-state index contributed by atoms with van der Waals surface area (Å²) in [7, 11) is 0. The number of carbonyl (C=O) groups is 2. The van der Waals surface area contributed by atoms with Gasteiger partial charge < -0.3 is 0 Å². The molecule has 5 nitrogen and oxygen atoms in total. The summed E-state index contributed by atoms with van der Waals surface area (Å²) in [5, 5.41) is 1.75. The van der Waals surface area contributed by atoms with E-state index in [0.29, 0.717) is 6.54 Å². The second-order valence-electron chi connectivity index (χ2n) is 6.44. The van der Waals surface area contributed by atoms with Crippen molar-refractivity contribution in [1.82, 2.24) is 4.90 Å². The number of hydrogen-bond acceptors (Lipinski definition) is 4. The first-order chi connectivity index (χ1) is 12.1. The molecule has 0 aromatic heterocycles. The number of hydroxylamine groups is 1. The average molecular weight is 336 g/mol. The third kappa shape index (κ3) is 2.35. The monoisotopic (exact) mass is 336 g/mol. The van der Waals surface area contributed by atoms with Crippen LogP contribution in [0.25, 0.3) is 0 Å². The predicted octanol–water partition coefficient (Wildman–Crippen LogP) is 2.86. The number of imide groups is 1. The van der Waals surface area contributed by atoms with Crippen molar-refractivity contribution < 1.29 is 14.4 Å². The quantitative estimate of drug-likeness (QED) is 0.809. The summed E-state index contributed by atoms with van der Waals surface area (Å²) in [6.07, 6.45) is -0.753. The Morgan fingerprint density at radius 2 is 1.64 bits per heavy atom. The standard InChI is InChI=1S/C20H20N2O3/c1-3-21-19(23)16-17(14-10-5-4-6-11-14)22(25-18(16)20(21)24)15-12-8-7-9-13(15)2/h4-12,16-18H,3H2,1-2H3.